The molecule has 0 aromatic carbocycles. The first-order chi connectivity index (χ1) is 12.3. The summed E-state index contributed by atoms with van der Waals surface area (Å²) in [6.45, 7) is 15.6. The summed E-state index contributed by atoms with van der Waals surface area (Å²) in [6, 6.07) is 0.0431. The standard InChI is InChI=1S/C21H47N2O2S/c1-6-10-11-12-13-14-15-16-20-26(24,25)22-21(5)18-17-19-23(7-2,8-3)9-4/h21-22H,6-20H2,1-5H3/q+1. The molecule has 1 atom stereocenters. The van der Waals surface area contributed by atoms with Crippen molar-refractivity contribution in [3.8, 4) is 0 Å². The average Bonchev–Trinajstić information content (AvgIpc) is 2.61. The van der Waals surface area contributed by atoms with Crippen LogP contribution < -0.4 is 4.72 Å². The van der Waals surface area contributed by atoms with E-state index in [0.29, 0.717) is 0 Å². The molecule has 0 aliphatic heterocycles. The van der Waals surface area contributed by atoms with E-state index in [4.69, 9.17) is 0 Å². The molecule has 0 aromatic rings. The van der Waals surface area contributed by atoms with Gasteiger partial charge in [-0.05, 0) is 47.0 Å². The lowest BCUT2D eigenvalue weighted by atomic mass is 10.1. The van der Waals surface area contributed by atoms with E-state index >= 15 is 0 Å². The first-order valence-corrected chi connectivity index (χ1v) is 12.8. The van der Waals surface area contributed by atoms with Crippen LogP contribution in [0.5, 0.6) is 0 Å². The zero-order chi connectivity index (χ0) is 19.9. The van der Waals surface area contributed by atoms with Crippen LogP contribution in [0.3, 0.4) is 0 Å². The summed E-state index contributed by atoms with van der Waals surface area (Å²) in [6.07, 6.45) is 11.5. The Morgan fingerprint density at radius 1 is 0.769 bits per heavy atom. The van der Waals surface area contributed by atoms with Crippen molar-refractivity contribution >= 4 is 10.0 Å². The van der Waals surface area contributed by atoms with Crippen LogP contribution in [0.2, 0.25) is 0 Å². The minimum absolute atomic E-state index is 0.0431. The maximum atomic E-state index is 12.2. The first kappa shape index (κ1) is 25.9. The Labute approximate surface area is 164 Å². The van der Waals surface area contributed by atoms with Gasteiger partial charge < -0.3 is 4.48 Å². The van der Waals surface area contributed by atoms with Gasteiger partial charge in [-0.15, -0.1) is 0 Å². The molecule has 0 fully saturated rings. The van der Waals surface area contributed by atoms with E-state index in [1.807, 2.05) is 6.92 Å². The van der Waals surface area contributed by atoms with E-state index in [0.717, 1.165) is 56.3 Å². The van der Waals surface area contributed by atoms with Gasteiger partial charge in [0.05, 0.1) is 31.9 Å². The number of hydrogen-bond acceptors (Lipinski definition) is 2. The van der Waals surface area contributed by atoms with Crippen molar-refractivity contribution in [2.24, 2.45) is 0 Å². The lowest BCUT2D eigenvalue weighted by Crippen LogP contribution is -2.48. The average molecular weight is 392 g/mol. The summed E-state index contributed by atoms with van der Waals surface area (Å²) < 4.78 is 28.5. The second-order valence-corrected chi connectivity index (χ2v) is 9.84. The molecule has 0 radical (unpaired) electrons. The van der Waals surface area contributed by atoms with E-state index in [-0.39, 0.29) is 11.8 Å². The fourth-order valence-corrected chi connectivity index (χ4v) is 5.16. The number of rotatable bonds is 18. The van der Waals surface area contributed by atoms with Crippen LogP contribution in [0.1, 0.15) is 98.8 Å². The molecular formula is C21H47N2O2S+. The fraction of sp³-hybridized carbons (Fsp3) is 1.00. The molecule has 4 nitrogen and oxygen atoms in total. The molecule has 0 heterocycles. The molecular weight excluding hydrogens is 344 g/mol. The number of nitrogens with zero attached hydrogens (tertiary/aromatic N) is 1. The molecule has 0 saturated carbocycles. The summed E-state index contributed by atoms with van der Waals surface area (Å²) in [5.74, 6) is 0.283. The topological polar surface area (TPSA) is 46.2 Å². The molecule has 1 N–H and O–H groups in total. The molecule has 0 saturated heterocycles. The van der Waals surface area contributed by atoms with Crippen molar-refractivity contribution < 1.29 is 12.9 Å². The van der Waals surface area contributed by atoms with Crippen molar-refractivity contribution in [3.05, 3.63) is 0 Å². The second-order valence-electron chi connectivity index (χ2n) is 7.97. The fourth-order valence-electron chi connectivity index (χ4n) is 3.73. The minimum Gasteiger partial charge on any atom is -0.324 e. The predicted octanol–water partition coefficient (Wildman–Crippen LogP) is 5.09. The van der Waals surface area contributed by atoms with E-state index in [9.17, 15) is 8.42 Å². The minimum atomic E-state index is -3.12. The monoisotopic (exact) mass is 391 g/mol. The highest BCUT2D eigenvalue weighted by Crippen LogP contribution is 2.11. The van der Waals surface area contributed by atoms with Crippen molar-refractivity contribution in [1.82, 2.24) is 4.72 Å². The molecule has 0 bridgehead atoms. The van der Waals surface area contributed by atoms with Gasteiger partial charge in [-0.3, -0.25) is 0 Å². The van der Waals surface area contributed by atoms with Gasteiger partial charge in [0, 0.05) is 6.04 Å². The zero-order valence-corrected chi connectivity index (χ0v) is 19.2. The predicted molar refractivity (Wildman–Crippen MR) is 115 cm³/mol. The molecule has 5 heteroatoms. The van der Waals surface area contributed by atoms with Gasteiger partial charge >= 0.3 is 0 Å². The van der Waals surface area contributed by atoms with Crippen LogP contribution in [-0.4, -0.2) is 50.9 Å². The highest BCUT2D eigenvalue weighted by molar-refractivity contribution is 7.89. The molecule has 0 spiro atoms. The molecule has 0 amide bonds. The van der Waals surface area contributed by atoms with E-state index < -0.39 is 10.0 Å². The van der Waals surface area contributed by atoms with Gasteiger partial charge in [-0.2, -0.15) is 0 Å². The highest BCUT2D eigenvalue weighted by Gasteiger charge is 2.21. The Morgan fingerprint density at radius 3 is 1.77 bits per heavy atom. The largest absolute Gasteiger partial charge is 0.324 e. The van der Waals surface area contributed by atoms with E-state index in [1.165, 1.54) is 38.5 Å². The normalized spacial score (nSPS) is 13.9. The number of hydrogen-bond donors (Lipinski definition) is 1. The first-order valence-electron chi connectivity index (χ1n) is 11.2. The van der Waals surface area contributed by atoms with Gasteiger partial charge in [0.1, 0.15) is 0 Å². The highest BCUT2D eigenvalue weighted by atomic mass is 32.2. The van der Waals surface area contributed by atoms with Crippen molar-refractivity contribution in [2.45, 2.75) is 105 Å². The molecule has 0 aliphatic rings. The van der Waals surface area contributed by atoms with Crippen molar-refractivity contribution in [3.63, 3.8) is 0 Å². The Kier molecular flexibility index (Phi) is 14.8. The number of quaternary nitrogens is 1. The molecule has 158 valence electrons. The zero-order valence-electron chi connectivity index (χ0n) is 18.4. The van der Waals surface area contributed by atoms with Crippen LogP contribution in [0.4, 0.5) is 0 Å². The molecule has 0 aromatic heterocycles. The third-order valence-corrected chi connectivity index (χ3v) is 7.52. The van der Waals surface area contributed by atoms with Crippen molar-refractivity contribution in [1.29, 1.82) is 0 Å². The van der Waals surface area contributed by atoms with Crippen LogP contribution in [0.15, 0.2) is 0 Å². The van der Waals surface area contributed by atoms with Gasteiger partial charge in [0.15, 0.2) is 0 Å². The maximum absolute atomic E-state index is 12.2. The lowest BCUT2D eigenvalue weighted by molar-refractivity contribution is -0.923. The third-order valence-electron chi connectivity index (χ3n) is 5.93. The van der Waals surface area contributed by atoms with E-state index in [2.05, 4.69) is 32.4 Å². The van der Waals surface area contributed by atoms with Gasteiger partial charge in [-0.25, -0.2) is 13.1 Å². The third kappa shape index (κ3) is 12.3. The number of sulfonamides is 1. The number of unbranched alkanes of at least 4 members (excludes halogenated alkanes) is 7. The van der Waals surface area contributed by atoms with Crippen molar-refractivity contribution in [2.75, 3.05) is 31.9 Å². The van der Waals surface area contributed by atoms with Gasteiger partial charge in [-0.1, -0.05) is 51.9 Å². The molecule has 0 rings (SSSR count). The van der Waals surface area contributed by atoms with Crippen LogP contribution in [-0.2, 0) is 10.0 Å². The van der Waals surface area contributed by atoms with Crippen LogP contribution >= 0.6 is 0 Å². The summed E-state index contributed by atoms with van der Waals surface area (Å²) >= 11 is 0. The van der Waals surface area contributed by atoms with Gasteiger partial charge in [0.2, 0.25) is 10.0 Å². The summed E-state index contributed by atoms with van der Waals surface area (Å²) in [7, 11) is -3.12. The summed E-state index contributed by atoms with van der Waals surface area (Å²) in [4.78, 5) is 0. The number of nitrogens with one attached hydrogen (secondary N) is 1. The lowest BCUT2D eigenvalue weighted by Gasteiger charge is -2.36. The Bertz CT molecular complexity index is 411. The SMILES string of the molecule is CCCCCCCCCCS(=O)(=O)NC(C)CCC[N+](CC)(CC)CC. The Balaban J connectivity index is 3.92. The molecule has 26 heavy (non-hydrogen) atoms. The Hall–Kier alpha value is -0.130. The smallest absolute Gasteiger partial charge is 0.211 e. The quantitative estimate of drug-likeness (QED) is 0.261. The van der Waals surface area contributed by atoms with Crippen LogP contribution in [0, 0.1) is 0 Å². The molecule has 1 unspecified atom stereocenters. The molecule has 0 aliphatic carbocycles. The summed E-state index contributed by atoms with van der Waals surface area (Å²) in [5, 5.41) is 0. The maximum Gasteiger partial charge on any atom is 0.211 e. The summed E-state index contributed by atoms with van der Waals surface area (Å²) in [5.41, 5.74) is 0. The second kappa shape index (κ2) is 14.9. The Morgan fingerprint density at radius 2 is 1.27 bits per heavy atom. The van der Waals surface area contributed by atoms with Gasteiger partial charge in [0.25, 0.3) is 0 Å². The van der Waals surface area contributed by atoms with Crippen LogP contribution in [0.25, 0.3) is 0 Å². The van der Waals surface area contributed by atoms with E-state index in [1.54, 1.807) is 0 Å².